The molecule has 2 rings (SSSR count). The van der Waals surface area contributed by atoms with Crippen LogP contribution in [-0.2, 0) is 0 Å². The fraction of sp³-hybridized carbons (Fsp3) is 0.0769. The summed E-state index contributed by atoms with van der Waals surface area (Å²) in [5.41, 5.74) is 0.212. The van der Waals surface area contributed by atoms with Crippen molar-refractivity contribution in [2.75, 3.05) is 0 Å². The number of hydrogen-bond donors (Lipinski definition) is 0. The lowest BCUT2D eigenvalue weighted by atomic mass is 10.0. The number of hydrogen-bond acceptors (Lipinski definition) is 1. The number of rotatable bonds is 3. The van der Waals surface area contributed by atoms with E-state index < -0.39 is 6.61 Å². The number of benzene rings is 2. The maximum atomic E-state index is 12.6. The highest BCUT2D eigenvalue weighted by atomic mass is 35.5. The SMILES string of the molecule is FC(F)Oc1c(Cl)cccc1-c1c(Cl)c(Cl)c(Cl)c(Cl)c1Cl. The van der Waals surface area contributed by atoms with Gasteiger partial charge in [0.15, 0.2) is 5.75 Å². The lowest BCUT2D eigenvalue weighted by molar-refractivity contribution is -0.0493. The minimum atomic E-state index is -3.09. The predicted octanol–water partition coefficient (Wildman–Crippen LogP) is 7.88. The van der Waals surface area contributed by atoms with Crippen LogP contribution in [0.2, 0.25) is 30.1 Å². The van der Waals surface area contributed by atoms with Gasteiger partial charge in [-0.05, 0) is 6.07 Å². The number of ether oxygens (including phenoxy) is 1. The molecule has 0 aliphatic heterocycles. The van der Waals surface area contributed by atoms with Crippen LogP contribution in [-0.4, -0.2) is 6.61 Å². The summed E-state index contributed by atoms with van der Waals surface area (Å²) in [5.74, 6) is -0.294. The molecule has 0 radical (unpaired) electrons. The van der Waals surface area contributed by atoms with Gasteiger partial charge in [-0.3, -0.25) is 0 Å². The molecule has 0 amide bonds. The quantitative estimate of drug-likeness (QED) is 0.358. The van der Waals surface area contributed by atoms with E-state index in [-0.39, 0.29) is 47.0 Å². The first kappa shape index (κ1) is 18.2. The monoisotopic (exact) mass is 424 g/mol. The Bertz CT molecular complexity index is 706. The summed E-state index contributed by atoms with van der Waals surface area (Å²) in [6.07, 6.45) is 0. The lowest BCUT2D eigenvalue weighted by Gasteiger charge is -2.17. The van der Waals surface area contributed by atoms with Crippen LogP contribution in [0.3, 0.4) is 0 Å². The normalized spacial score (nSPS) is 11.1. The van der Waals surface area contributed by atoms with Crippen molar-refractivity contribution in [3.8, 4) is 16.9 Å². The fourth-order valence-electron chi connectivity index (χ4n) is 1.76. The number of alkyl halides is 2. The van der Waals surface area contributed by atoms with Crippen molar-refractivity contribution in [1.29, 1.82) is 0 Å². The summed E-state index contributed by atoms with van der Waals surface area (Å²) in [7, 11) is 0. The highest BCUT2D eigenvalue weighted by Crippen LogP contribution is 2.51. The molecule has 0 saturated heterocycles. The molecule has 118 valence electrons. The lowest BCUT2D eigenvalue weighted by Crippen LogP contribution is -2.04. The molecule has 0 aliphatic carbocycles. The van der Waals surface area contributed by atoms with E-state index >= 15 is 0 Å². The second-order valence-electron chi connectivity index (χ2n) is 3.94. The average molecular weight is 427 g/mol. The van der Waals surface area contributed by atoms with Crippen molar-refractivity contribution in [2.45, 2.75) is 6.61 Å². The summed E-state index contributed by atoms with van der Waals surface area (Å²) >= 11 is 36.0. The fourth-order valence-corrected chi connectivity index (χ4v) is 3.32. The third-order valence-corrected chi connectivity index (χ3v) is 5.23. The molecule has 2 aromatic rings. The largest absolute Gasteiger partial charge is 0.433 e. The second-order valence-corrected chi connectivity index (χ2v) is 6.24. The summed E-state index contributed by atoms with van der Waals surface area (Å²) in [6.45, 7) is -3.09. The van der Waals surface area contributed by atoms with Gasteiger partial charge in [-0.2, -0.15) is 8.78 Å². The van der Waals surface area contributed by atoms with Gasteiger partial charge in [0.2, 0.25) is 0 Å². The van der Waals surface area contributed by atoms with Gasteiger partial charge in [0, 0.05) is 11.1 Å². The molecule has 0 unspecified atom stereocenters. The molecule has 9 heteroatoms. The van der Waals surface area contributed by atoms with Gasteiger partial charge >= 0.3 is 6.61 Å². The van der Waals surface area contributed by atoms with Gasteiger partial charge in [0.1, 0.15) is 0 Å². The van der Waals surface area contributed by atoms with Crippen LogP contribution in [0.25, 0.3) is 11.1 Å². The van der Waals surface area contributed by atoms with E-state index in [1.54, 1.807) is 0 Å². The van der Waals surface area contributed by atoms with Crippen LogP contribution in [0.4, 0.5) is 8.78 Å². The smallest absolute Gasteiger partial charge is 0.387 e. The van der Waals surface area contributed by atoms with Crippen LogP contribution in [0.15, 0.2) is 18.2 Å². The maximum Gasteiger partial charge on any atom is 0.387 e. The number of para-hydroxylation sites is 1. The second kappa shape index (κ2) is 7.16. The van der Waals surface area contributed by atoms with Gasteiger partial charge in [-0.25, -0.2) is 0 Å². The maximum absolute atomic E-state index is 12.6. The first-order chi connectivity index (χ1) is 10.3. The van der Waals surface area contributed by atoms with Gasteiger partial charge in [-0.1, -0.05) is 81.7 Å². The Morgan fingerprint density at radius 1 is 0.773 bits per heavy atom. The first-order valence-corrected chi connectivity index (χ1v) is 7.77. The van der Waals surface area contributed by atoms with Crippen LogP contribution in [0, 0.1) is 0 Å². The standard InChI is InChI=1S/C13H4Cl6F2O/c14-5-3-1-2-4(12(5)22-13(20)21)6-7(15)9(17)11(19)10(18)8(6)16/h1-3,13H. The molecule has 0 atom stereocenters. The first-order valence-electron chi connectivity index (χ1n) is 5.50. The Kier molecular flexibility index (Phi) is 5.92. The third kappa shape index (κ3) is 3.35. The average Bonchev–Trinajstić information content (AvgIpc) is 2.46. The van der Waals surface area contributed by atoms with E-state index in [0.29, 0.717) is 0 Å². The summed E-state index contributed by atoms with van der Waals surface area (Å²) < 4.78 is 29.6. The Morgan fingerprint density at radius 3 is 1.77 bits per heavy atom. The van der Waals surface area contributed by atoms with Gasteiger partial charge in [0.25, 0.3) is 0 Å². The molecule has 0 N–H and O–H groups in total. The molecule has 0 heterocycles. The van der Waals surface area contributed by atoms with Crippen LogP contribution in [0.1, 0.15) is 0 Å². The molecular weight excluding hydrogens is 423 g/mol. The van der Waals surface area contributed by atoms with E-state index in [0.717, 1.165) is 0 Å². The van der Waals surface area contributed by atoms with Crippen molar-refractivity contribution in [3.05, 3.63) is 48.3 Å². The molecule has 0 fully saturated rings. The Hall–Kier alpha value is -0.160. The minimum Gasteiger partial charge on any atom is -0.433 e. The van der Waals surface area contributed by atoms with Gasteiger partial charge < -0.3 is 4.74 Å². The third-order valence-electron chi connectivity index (χ3n) is 2.65. The predicted molar refractivity (Wildman–Crippen MR) is 88.6 cm³/mol. The van der Waals surface area contributed by atoms with Crippen molar-refractivity contribution in [1.82, 2.24) is 0 Å². The van der Waals surface area contributed by atoms with Crippen molar-refractivity contribution < 1.29 is 13.5 Å². The molecule has 0 aromatic heterocycles. The zero-order valence-corrected chi connectivity index (χ0v) is 14.8. The Labute approximate surface area is 154 Å². The highest BCUT2D eigenvalue weighted by Gasteiger charge is 2.24. The zero-order chi connectivity index (χ0) is 16.6. The molecule has 0 bridgehead atoms. The highest BCUT2D eigenvalue weighted by molar-refractivity contribution is 6.56. The van der Waals surface area contributed by atoms with Crippen LogP contribution in [0.5, 0.6) is 5.75 Å². The molecule has 0 aliphatic rings. The van der Waals surface area contributed by atoms with Crippen molar-refractivity contribution in [2.24, 2.45) is 0 Å². The van der Waals surface area contributed by atoms with Crippen molar-refractivity contribution in [3.63, 3.8) is 0 Å². The van der Waals surface area contributed by atoms with Crippen molar-refractivity contribution >= 4 is 69.6 Å². The topological polar surface area (TPSA) is 9.23 Å². The summed E-state index contributed by atoms with van der Waals surface area (Å²) in [6, 6.07) is 4.33. The van der Waals surface area contributed by atoms with E-state index in [1.807, 2.05) is 0 Å². The van der Waals surface area contributed by atoms with E-state index in [9.17, 15) is 8.78 Å². The molecule has 0 spiro atoms. The minimum absolute atomic E-state index is 0.0413. The zero-order valence-electron chi connectivity index (χ0n) is 10.2. The molecule has 1 nitrogen and oxygen atoms in total. The van der Waals surface area contributed by atoms with Gasteiger partial charge in [0.05, 0.1) is 30.1 Å². The molecule has 22 heavy (non-hydrogen) atoms. The number of halogens is 8. The molecule has 0 saturated carbocycles. The van der Waals surface area contributed by atoms with Crippen LogP contribution >= 0.6 is 69.6 Å². The Morgan fingerprint density at radius 2 is 1.27 bits per heavy atom. The molecular formula is C13H4Cl6F2O. The van der Waals surface area contributed by atoms with E-state index in [4.69, 9.17) is 69.6 Å². The van der Waals surface area contributed by atoms with Gasteiger partial charge in [-0.15, -0.1) is 0 Å². The Balaban J connectivity index is 2.81. The summed E-state index contributed by atoms with van der Waals surface area (Å²) in [5, 5.41) is -0.316. The summed E-state index contributed by atoms with van der Waals surface area (Å²) in [4.78, 5) is 0. The van der Waals surface area contributed by atoms with E-state index in [2.05, 4.69) is 4.74 Å². The molecule has 2 aromatic carbocycles. The van der Waals surface area contributed by atoms with E-state index in [1.165, 1.54) is 18.2 Å². The van der Waals surface area contributed by atoms with Crippen LogP contribution < -0.4 is 4.74 Å².